The van der Waals surface area contributed by atoms with Gasteiger partial charge in [-0.15, -0.1) is 0 Å². The average Bonchev–Trinajstić information content (AvgIpc) is 2.34. The van der Waals surface area contributed by atoms with Crippen LogP contribution in [0.15, 0.2) is 23.4 Å². The summed E-state index contributed by atoms with van der Waals surface area (Å²) in [6, 6.07) is 1.63. The second kappa shape index (κ2) is 5.94. The molecule has 0 fully saturated rings. The maximum atomic E-state index is 12.8. The Kier molecular flexibility index (Phi) is 4.83. The molecule has 0 bridgehead atoms. The van der Waals surface area contributed by atoms with E-state index in [1.165, 1.54) is 6.08 Å². The molecule has 0 aromatic carbocycles. The first-order chi connectivity index (χ1) is 8.38. The van der Waals surface area contributed by atoms with Crippen molar-refractivity contribution in [3.05, 3.63) is 23.4 Å². The fourth-order valence-corrected chi connectivity index (χ4v) is 1.69. The van der Waals surface area contributed by atoms with E-state index in [4.69, 9.17) is 5.26 Å². The van der Waals surface area contributed by atoms with Gasteiger partial charge in [-0.1, -0.05) is 20.3 Å². The van der Waals surface area contributed by atoms with Gasteiger partial charge in [-0.3, -0.25) is 0 Å². The summed E-state index contributed by atoms with van der Waals surface area (Å²) in [5.41, 5.74) is 0.341. The molecule has 0 aromatic heterocycles. The number of hydrogen-bond donors (Lipinski definition) is 1. The third-order valence-electron chi connectivity index (χ3n) is 3.16. The first-order valence-electron chi connectivity index (χ1n) is 5.99. The Labute approximate surface area is 105 Å². The van der Waals surface area contributed by atoms with E-state index in [1.54, 1.807) is 12.1 Å². The zero-order valence-electron chi connectivity index (χ0n) is 10.5. The first kappa shape index (κ1) is 14.6. The molecule has 5 heteroatoms. The van der Waals surface area contributed by atoms with Gasteiger partial charge in [0.15, 0.2) is 0 Å². The second-order valence-electron chi connectivity index (χ2n) is 4.62. The average molecular weight is 258 g/mol. The van der Waals surface area contributed by atoms with Crippen LogP contribution in [0.1, 0.15) is 26.7 Å². The monoisotopic (exact) mass is 258 g/mol. The number of hydrogen-bond acceptors (Lipinski definition) is 2. The van der Waals surface area contributed by atoms with Crippen molar-refractivity contribution in [2.24, 2.45) is 11.8 Å². The van der Waals surface area contributed by atoms with Crippen LogP contribution in [-0.4, -0.2) is 12.7 Å². The summed E-state index contributed by atoms with van der Waals surface area (Å²) in [6.45, 7) is 4.73. The van der Waals surface area contributed by atoms with Gasteiger partial charge in [-0.05, 0) is 18.1 Å². The largest absolute Gasteiger partial charge is 0.396 e. The minimum absolute atomic E-state index is 0.167. The van der Waals surface area contributed by atoms with E-state index < -0.39 is 12.1 Å². The minimum Gasteiger partial charge on any atom is -0.388 e. The lowest BCUT2D eigenvalue weighted by molar-refractivity contribution is -0.163. The van der Waals surface area contributed by atoms with Crippen LogP contribution in [0.2, 0.25) is 0 Å². The van der Waals surface area contributed by atoms with E-state index in [2.05, 4.69) is 5.32 Å². The molecule has 100 valence electrons. The molecule has 0 saturated heterocycles. The van der Waals surface area contributed by atoms with Crippen LogP contribution in [0, 0.1) is 23.2 Å². The van der Waals surface area contributed by atoms with Crippen LogP contribution < -0.4 is 5.32 Å². The van der Waals surface area contributed by atoms with Gasteiger partial charge in [0.25, 0.3) is 0 Å². The van der Waals surface area contributed by atoms with E-state index in [-0.39, 0.29) is 12.0 Å². The molecule has 2 nitrogen and oxygen atoms in total. The molecular formula is C13H17F3N2. The van der Waals surface area contributed by atoms with E-state index in [0.29, 0.717) is 18.2 Å². The highest BCUT2D eigenvalue weighted by atomic mass is 19.4. The van der Waals surface area contributed by atoms with Crippen molar-refractivity contribution >= 4 is 0 Å². The lowest BCUT2D eigenvalue weighted by atomic mass is 9.89. The van der Waals surface area contributed by atoms with E-state index >= 15 is 0 Å². The predicted molar refractivity (Wildman–Crippen MR) is 63.4 cm³/mol. The molecule has 0 spiro atoms. The maximum absolute atomic E-state index is 12.8. The van der Waals surface area contributed by atoms with Gasteiger partial charge in [0.05, 0.1) is 12.0 Å². The van der Waals surface area contributed by atoms with Crippen LogP contribution in [0.5, 0.6) is 0 Å². The van der Waals surface area contributed by atoms with Crippen molar-refractivity contribution in [3.63, 3.8) is 0 Å². The number of alkyl halides is 3. The molecule has 1 aliphatic carbocycles. The summed E-state index contributed by atoms with van der Waals surface area (Å²) in [5.74, 6) is -1.26. The normalized spacial score (nSPS) is 21.7. The van der Waals surface area contributed by atoms with Crippen molar-refractivity contribution in [1.29, 1.82) is 5.26 Å². The van der Waals surface area contributed by atoms with Crippen molar-refractivity contribution in [1.82, 2.24) is 5.32 Å². The van der Waals surface area contributed by atoms with E-state index in [0.717, 1.165) is 6.42 Å². The summed E-state index contributed by atoms with van der Waals surface area (Å²) in [6.07, 6.45) is -0.718. The van der Waals surface area contributed by atoms with Crippen molar-refractivity contribution in [2.45, 2.75) is 32.9 Å². The van der Waals surface area contributed by atoms with Crippen LogP contribution in [0.3, 0.4) is 0 Å². The molecule has 0 aliphatic heterocycles. The van der Waals surface area contributed by atoms with Gasteiger partial charge >= 0.3 is 6.18 Å². The topological polar surface area (TPSA) is 35.8 Å². The molecule has 0 amide bonds. The summed E-state index contributed by atoms with van der Waals surface area (Å²) < 4.78 is 38.3. The van der Waals surface area contributed by atoms with Crippen LogP contribution >= 0.6 is 0 Å². The number of halogens is 3. The van der Waals surface area contributed by atoms with Gasteiger partial charge in [0.2, 0.25) is 0 Å². The quantitative estimate of drug-likeness (QED) is 0.837. The summed E-state index contributed by atoms with van der Waals surface area (Å²) in [4.78, 5) is 0. The molecule has 1 rings (SSSR count). The zero-order chi connectivity index (χ0) is 13.8. The number of nitrogens with zero attached hydrogens (tertiary/aromatic N) is 1. The van der Waals surface area contributed by atoms with Crippen molar-refractivity contribution in [3.8, 4) is 6.07 Å². The Morgan fingerprint density at radius 1 is 1.50 bits per heavy atom. The molecule has 1 N–H and O–H groups in total. The Balaban J connectivity index is 2.72. The Hall–Kier alpha value is -1.44. The molecule has 18 heavy (non-hydrogen) atoms. The number of allylic oxidation sites excluding steroid dienone is 4. The maximum Gasteiger partial charge on any atom is 0.396 e. The Morgan fingerprint density at radius 3 is 2.67 bits per heavy atom. The summed E-state index contributed by atoms with van der Waals surface area (Å²) >= 11 is 0. The molecular weight excluding hydrogens is 241 g/mol. The van der Waals surface area contributed by atoms with Crippen molar-refractivity contribution < 1.29 is 13.2 Å². The summed E-state index contributed by atoms with van der Waals surface area (Å²) in [5, 5.41) is 11.7. The highest BCUT2D eigenvalue weighted by Crippen LogP contribution is 2.37. The van der Waals surface area contributed by atoms with Gasteiger partial charge in [0, 0.05) is 24.2 Å². The van der Waals surface area contributed by atoms with E-state index in [1.807, 2.05) is 13.8 Å². The lowest BCUT2D eigenvalue weighted by Gasteiger charge is -2.25. The standard InChI is InChI=1S/C13H17F3N2/c1-3-9(2)8-18-11-5-4-10(7-17)12(6-11)13(14,15)16/h4-5,9,12,18H,3,6,8H2,1-2H3/t9-,12?/m1/s1. The highest BCUT2D eigenvalue weighted by molar-refractivity contribution is 5.35. The fourth-order valence-electron chi connectivity index (χ4n) is 1.69. The van der Waals surface area contributed by atoms with Gasteiger partial charge in [-0.25, -0.2) is 0 Å². The molecule has 0 heterocycles. The smallest absolute Gasteiger partial charge is 0.388 e. The lowest BCUT2D eigenvalue weighted by Crippen LogP contribution is -2.30. The van der Waals surface area contributed by atoms with Crippen LogP contribution in [-0.2, 0) is 0 Å². The first-order valence-corrected chi connectivity index (χ1v) is 5.99. The van der Waals surface area contributed by atoms with Gasteiger partial charge < -0.3 is 5.32 Å². The molecule has 2 atom stereocenters. The third kappa shape index (κ3) is 3.80. The molecule has 0 radical (unpaired) electrons. The second-order valence-corrected chi connectivity index (χ2v) is 4.62. The molecule has 1 aliphatic rings. The third-order valence-corrected chi connectivity index (χ3v) is 3.16. The number of nitriles is 1. The van der Waals surface area contributed by atoms with Crippen LogP contribution in [0.25, 0.3) is 0 Å². The minimum atomic E-state index is -4.36. The molecule has 0 aromatic rings. The highest BCUT2D eigenvalue weighted by Gasteiger charge is 2.43. The van der Waals surface area contributed by atoms with Gasteiger partial charge in [-0.2, -0.15) is 18.4 Å². The Morgan fingerprint density at radius 2 is 2.17 bits per heavy atom. The van der Waals surface area contributed by atoms with Crippen LogP contribution in [0.4, 0.5) is 13.2 Å². The zero-order valence-corrected chi connectivity index (χ0v) is 10.5. The van der Waals surface area contributed by atoms with E-state index in [9.17, 15) is 13.2 Å². The van der Waals surface area contributed by atoms with Crippen molar-refractivity contribution in [2.75, 3.05) is 6.54 Å². The molecule has 1 unspecified atom stereocenters. The number of rotatable bonds is 4. The van der Waals surface area contributed by atoms with Gasteiger partial charge in [0.1, 0.15) is 0 Å². The molecule has 0 saturated carbocycles. The number of nitrogens with one attached hydrogen (secondary N) is 1. The summed E-state index contributed by atoms with van der Waals surface area (Å²) in [7, 11) is 0. The predicted octanol–water partition coefficient (Wildman–Crippen LogP) is 3.54. The fraction of sp³-hybridized carbons (Fsp3) is 0.615. The Bertz CT molecular complexity index is 388. The SMILES string of the molecule is CC[C@@H](C)CNC1=CC=C(C#N)C(C(F)(F)F)C1.